The molecule has 1 unspecified atom stereocenters. The van der Waals surface area contributed by atoms with E-state index in [0.29, 0.717) is 23.2 Å². The number of ether oxygens (including phenoxy) is 1. The van der Waals surface area contributed by atoms with Gasteiger partial charge in [0.1, 0.15) is 0 Å². The molecule has 1 aromatic rings. The molecule has 1 heterocycles. The van der Waals surface area contributed by atoms with Crippen LogP contribution in [0.1, 0.15) is 23.7 Å². The normalized spacial score (nSPS) is 19.9. The maximum Gasteiger partial charge on any atom is 0.338 e. The topological polar surface area (TPSA) is 49.8 Å². The second-order valence-corrected chi connectivity index (χ2v) is 5.12. The van der Waals surface area contributed by atoms with E-state index in [9.17, 15) is 9.90 Å². The molecule has 1 atom stereocenters. The number of aromatic carboxylic acids is 1. The highest BCUT2D eigenvalue weighted by Crippen LogP contribution is 2.30. The smallest absolute Gasteiger partial charge is 0.338 e. The monoisotopic (exact) mass is 313 g/mol. The molecular weight excluding hydrogens is 298 g/mol. The Kier molecular flexibility index (Phi) is 4.24. The fourth-order valence-corrected chi connectivity index (χ4v) is 2.80. The van der Waals surface area contributed by atoms with Gasteiger partial charge in [-0.2, -0.15) is 0 Å². The summed E-state index contributed by atoms with van der Waals surface area (Å²) in [4.78, 5) is 13.5. The van der Waals surface area contributed by atoms with Crippen molar-refractivity contribution in [1.29, 1.82) is 0 Å². The molecule has 0 spiro atoms. The average molecular weight is 314 g/mol. The molecule has 0 amide bonds. The van der Waals surface area contributed by atoms with Crippen LogP contribution < -0.4 is 4.90 Å². The summed E-state index contributed by atoms with van der Waals surface area (Å²) in [6.45, 7) is 4.12. The Morgan fingerprint density at radius 1 is 1.61 bits per heavy atom. The van der Waals surface area contributed by atoms with Crippen LogP contribution >= 0.6 is 15.9 Å². The summed E-state index contributed by atoms with van der Waals surface area (Å²) in [7, 11) is 0. The minimum Gasteiger partial charge on any atom is -0.478 e. The van der Waals surface area contributed by atoms with Gasteiger partial charge in [-0.3, -0.25) is 0 Å². The van der Waals surface area contributed by atoms with E-state index in [-0.39, 0.29) is 6.04 Å². The number of carbonyl (C=O) groups is 1. The van der Waals surface area contributed by atoms with Gasteiger partial charge in [-0.25, -0.2) is 4.79 Å². The van der Waals surface area contributed by atoms with Crippen LogP contribution in [0.2, 0.25) is 0 Å². The summed E-state index contributed by atoms with van der Waals surface area (Å²) in [5.74, 6) is -0.904. The van der Waals surface area contributed by atoms with E-state index in [4.69, 9.17) is 4.74 Å². The number of hydrogen-bond donors (Lipinski definition) is 1. The van der Waals surface area contributed by atoms with E-state index in [1.54, 1.807) is 6.07 Å². The molecule has 1 N–H and O–H groups in total. The Morgan fingerprint density at radius 3 is 3.06 bits per heavy atom. The molecule has 1 aliphatic rings. The molecule has 1 saturated heterocycles. The number of morpholine rings is 1. The Hall–Kier alpha value is -1.07. The van der Waals surface area contributed by atoms with E-state index in [1.165, 1.54) is 0 Å². The van der Waals surface area contributed by atoms with Gasteiger partial charge in [0, 0.05) is 11.0 Å². The highest BCUT2D eigenvalue weighted by Gasteiger charge is 2.26. The molecular formula is C13H16BrNO3. The first kappa shape index (κ1) is 13.4. The number of anilines is 1. The fourth-order valence-electron chi connectivity index (χ4n) is 2.27. The third-order valence-electron chi connectivity index (χ3n) is 3.21. The van der Waals surface area contributed by atoms with Crippen molar-refractivity contribution >= 4 is 27.6 Å². The lowest BCUT2D eigenvalue weighted by molar-refractivity contribution is 0.0693. The molecule has 0 radical (unpaired) electrons. The van der Waals surface area contributed by atoms with E-state index in [0.717, 1.165) is 18.7 Å². The van der Waals surface area contributed by atoms with Crippen LogP contribution in [0.3, 0.4) is 0 Å². The van der Waals surface area contributed by atoms with Gasteiger partial charge in [0.05, 0.1) is 30.5 Å². The first-order chi connectivity index (χ1) is 8.65. The van der Waals surface area contributed by atoms with Crippen molar-refractivity contribution in [2.75, 3.05) is 24.7 Å². The summed E-state index contributed by atoms with van der Waals surface area (Å²) in [5, 5.41) is 9.35. The zero-order valence-electron chi connectivity index (χ0n) is 10.2. The first-order valence-electron chi connectivity index (χ1n) is 6.01. The van der Waals surface area contributed by atoms with Gasteiger partial charge < -0.3 is 14.7 Å². The van der Waals surface area contributed by atoms with Gasteiger partial charge in [0.2, 0.25) is 0 Å². The molecule has 0 aliphatic carbocycles. The highest BCUT2D eigenvalue weighted by atomic mass is 79.9. The number of carboxylic acids is 1. The molecule has 98 valence electrons. The zero-order chi connectivity index (χ0) is 13.1. The molecule has 0 aromatic heterocycles. The molecule has 1 aromatic carbocycles. The van der Waals surface area contributed by atoms with Gasteiger partial charge in [-0.05, 0) is 34.5 Å². The molecule has 5 heteroatoms. The summed E-state index contributed by atoms with van der Waals surface area (Å²) in [5.41, 5.74) is 1.10. The first-order valence-corrected chi connectivity index (χ1v) is 6.80. The molecule has 1 fully saturated rings. The predicted octanol–water partition coefficient (Wildman–Crippen LogP) is 2.76. The van der Waals surface area contributed by atoms with Crippen LogP contribution in [-0.4, -0.2) is 36.9 Å². The number of carboxylic acid groups (broad SMARTS) is 1. The predicted molar refractivity (Wildman–Crippen MR) is 73.3 cm³/mol. The molecule has 0 saturated carbocycles. The minimum absolute atomic E-state index is 0.242. The van der Waals surface area contributed by atoms with E-state index < -0.39 is 5.97 Å². The molecule has 1 aliphatic heterocycles. The zero-order valence-corrected chi connectivity index (χ0v) is 11.8. The van der Waals surface area contributed by atoms with Gasteiger partial charge in [-0.1, -0.05) is 13.0 Å². The maximum absolute atomic E-state index is 11.4. The highest BCUT2D eigenvalue weighted by molar-refractivity contribution is 9.10. The van der Waals surface area contributed by atoms with Crippen LogP contribution in [-0.2, 0) is 4.74 Å². The fraction of sp³-hybridized carbons (Fsp3) is 0.462. The van der Waals surface area contributed by atoms with Gasteiger partial charge in [0.25, 0.3) is 0 Å². The van der Waals surface area contributed by atoms with Crippen molar-refractivity contribution in [2.45, 2.75) is 19.4 Å². The van der Waals surface area contributed by atoms with Crippen LogP contribution in [0.15, 0.2) is 22.7 Å². The summed E-state index contributed by atoms with van der Waals surface area (Å²) < 4.78 is 6.07. The van der Waals surface area contributed by atoms with E-state index in [2.05, 4.69) is 27.8 Å². The standard InChI is InChI=1S/C13H16BrNO3/c1-2-9-8-18-7-6-15(9)11-5-3-4-10(14)12(11)13(16)17/h3-5,9H,2,6-8H2,1H3,(H,16,17). The van der Waals surface area contributed by atoms with Crippen molar-refractivity contribution in [2.24, 2.45) is 0 Å². The van der Waals surface area contributed by atoms with Gasteiger partial charge in [-0.15, -0.1) is 0 Å². The average Bonchev–Trinajstić information content (AvgIpc) is 2.38. The Balaban J connectivity index is 2.42. The van der Waals surface area contributed by atoms with Crippen molar-refractivity contribution < 1.29 is 14.6 Å². The van der Waals surface area contributed by atoms with Crippen LogP contribution in [0.5, 0.6) is 0 Å². The Labute approximate surface area is 115 Å². The van der Waals surface area contributed by atoms with Crippen LogP contribution in [0.4, 0.5) is 5.69 Å². The molecule has 4 nitrogen and oxygen atoms in total. The third-order valence-corrected chi connectivity index (χ3v) is 3.87. The second-order valence-electron chi connectivity index (χ2n) is 4.27. The third kappa shape index (κ3) is 2.52. The summed E-state index contributed by atoms with van der Waals surface area (Å²) in [6.07, 6.45) is 0.936. The molecule has 18 heavy (non-hydrogen) atoms. The van der Waals surface area contributed by atoms with Crippen LogP contribution in [0.25, 0.3) is 0 Å². The summed E-state index contributed by atoms with van der Waals surface area (Å²) >= 11 is 3.32. The maximum atomic E-state index is 11.4. The van der Waals surface area contributed by atoms with Crippen molar-refractivity contribution in [1.82, 2.24) is 0 Å². The van der Waals surface area contributed by atoms with E-state index >= 15 is 0 Å². The van der Waals surface area contributed by atoms with Crippen molar-refractivity contribution in [3.63, 3.8) is 0 Å². The second kappa shape index (κ2) is 5.71. The lowest BCUT2D eigenvalue weighted by atomic mass is 10.1. The number of benzene rings is 1. The molecule has 2 rings (SSSR count). The van der Waals surface area contributed by atoms with Crippen molar-refractivity contribution in [3.05, 3.63) is 28.2 Å². The number of rotatable bonds is 3. The Bertz CT molecular complexity index is 450. The Morgan fingerprint density at radius 2 is 2.39 bits per heavy atom. The van der Waals surface area contributed by atoms with E-state index in [1.807, 2.05) is 12.1 Å². The lowest BCUT2D eigenvalue weighted by Gasteiger charge is -2.37. The lowest BCUT2D eigenvalue weighted by Crippen LogP contribution is -2.45. The summed E-state index contributed by atoms with van der Waals surface area (Å²) in [6, 6.07) is 5.73. The minimum atomic E-state index is -0.904. The van der Waals surface area contributed by atoms with Gasteiger partial charge >= 0.3 is 5.97 Å². The number of nitrogens with zero attached hydrogens (tertiary/aromatic N) is 1. The van der Waals surface area contributed by atoms with Crippen LogP contribution in [0, 0.1) is 0 Å². The quantitative estimate of drug-likeness (QED) is 0.932. The number of halogens is 1. The van der Waals surface area contributed by atoms with Gasteiger partial charge in [0.15, 0.2) is 0 Å². The molecule has 0 bridgehead atoms. The number of hydrogen-bond acceptors (Lipinski definition) is 3. The largest absolute Gasteiger partial charge is 0.478 e. The SMILES string of the molecule is CCC1COCCN1c1cccc(Br)c1C(=O)O. The van der Waals surface area contributed by atoms with Crippen molar-refractivity contribution in [3.8, 4) is 0 Å².